The molecule has 0 radical (unpaired) electrons. The molecule has 0 heterocycles. The zero-order valence-electron chi connectivity index (χ0n) is 4.00. The molecule has 0 saturated heterocycles. The van der Waals surface area contributed by atoms with E-state index < -0.39 is 0 Å². The molecule has 0 aliphatic rings. The molecular formula is H5Na2OS+. The Hall–Kier alpha value is 2.31. The first-order chi connectivity index (χ1) is 0. The molecule has 0 aromatic rings. The summed E-state index contributed by atoms with van der Waals surface area (Å²) >= 11 is 0. The Morgan fingerprint density at radius 3 is 1.00 bits per heavy atom. The van der Waals surface area contributed by atoms with Crippen LogP contribution < -0.4 is 59.1 Å². The van der Waals surface area contributed by atoms with Crippen molar-refractivity contribution < 1.29 is 66.0 Å². The SMILES string of the molecule is O.S.[H-].[Na+].[Na+]. The minimum atomic E-state index is 0. The summed E-state index contributed by atoms with van der Waals surface area (Å²) in [6.07, 6.45) is 0. The Morgan fingerprint density at radius 2 is 1.00 bits per heavy atom. The molecule has 0 rings (SSSR count). The average Bonchev–Trinajstić information content (AvgIpc) is 0. The topological polar surface area (TPSA) is 31.5 Å². The fraction of sp³-hybridized carbons (Fsp3) is 0. The van der Waals surface area contributed by atoms with Gasteiger partial charge in [-0.15, -0.1) is 0 Å². The van der Waals surface area contributed by atoms with Crippen molar-refractivity contribution in [2.24, 2.45) is 0 Å². The van der Waals surface area contributed by atoms with Gasteiger partial charge in [0.2, 0.25) is 0 Å². The van der Waals surface area contributed by atoms with E-state index in [1.165, 1.54) is 0 Å². The van der Waals surface area contributed by atoms with Crippen LogP contribution in [0.2, 0.25) is 0 Å². The van der Waals surface area contributed by atoms with Crippen LogP contribution in [0.25, 0.3) is 0 Å². The number of rotatable bonds is 0. The molecule has 0 aromatic carbocycles. The maximum absolute atomic E-state index is 0. The van der Waals surface area contributed by atoms with E-state index in [9.17, 15) is 0 Å². The Balaban J connectivity index is 0. The second kappa shape index (κ2) is 18.5. The summed E-state index contributed by atoms with van der Waals surface area (Å²) in [4.78, 5) is 0. The van der Waals surface area contributed by atoms with Gasteiger partial charge in [0.25, 0.3) is 0 Å². The van der Waals surface area contributed by atoms with Crippen LogP contribution in [0, 0.1) is 0 Å². The van der Waals surface area contributed by atoms with E-state index in [1.54, 1.807) is 0 Å². The van der Waals surface area contributed by atoms with E-state index >= 15 is 0 Å². The fourth-order valence-electron chi connectivity index (χ4n) is 0. The molecule has 0 aliphatic heterocycles. The number of hydrogen-bond acceptors (Lipinski definition) is 0. The molecule has 2 N–H and O–H groups in total. The van der Waals surface area contributed by atoms with Gasteiger partial charge >= 0.3 is 59.1 Å². The molecule has 1 nitrogen and oxygen atoms in total. The zero-order valence-corrected chi connectivity index (χ0v) is 8.00. The van der Waals surface area contributed by atoms with Crippen LogP contribution in [0.3, 0.4) is 0 Å². The van der Waals surface area contributed by atoms with E-state index in [0.717, 1.165) is 0 Å². The van der Waals surface area contributed by atoms with Crippen LogP contribution in [0.15, 0.2) is 0 Å². The van der Waals surface area contributed by atoms with Gasteiger partial charge in [-0.2, -0.15) is 13.5 Å². The van der Waals surface area contributed by atoms with Crippen molar-refractivity contribution in [1.29, 1.82) is 0 Å². The molecule has 0 spiro atoms. The van der Waals surface area contributed by atoms with Crippen molar-refractivity contribution in [1.82, 2.24) is 0 Å². The largest absolute Gasteiger partial charge is 1.00 e. The van der Waals surface area contributed by atoms with Crippen LogP contribution in [-0.2, 0) is 0 Å². The summed E-state index contributed by atoms with van der Waals surface area (Å²) in [7, 11) is 0. The Labute approximate surface area is 78.4 Å². The monoisotopic (exact) mass is 99.0 g/mol. The first-order valence-corrected chi connectivity index (χ1v) is 0. The summed E-state index contributed by atoms with van der Waals surface area (Å²) in [6.45, 7) is 0. The molecule has 0 bridgehead atoms. The third kappa shape index (κ3) is 8.85. The molecule has 0 unspecified atom stereocenters. The van der Waals surface area contributed by atoms with Crippen molar-refractivity contribution in [3.05, 3.63) is 0 Å². The van der Waals surface area contributed by atoms with E-state index in [1.807, 2.05) is 0 Å². The molecule has 0 saturated carbocycles. The summed E-state index contributed by atoms with van der Waals surface area (Å²) in [5.41, 5.74) is 0. The quantitative estimate of drug-likeness (QED) is 0.270. The first-order valence-electron chi connectivity index (χ1n) is 0. The van der Waals surface area contributed by atoms with Crippen molar-refractivity contribution in [2.45, 2.75) is 0 Å². The molecular weight excluding hydrogens is 94.0 g/mol. The third-order valence-electron chi connectivity index (χ3n) is 0. The molecule has 0 aliphatic carbocycles. The second-order valence-electron chi connectivity index (χ2n) is 0. The molecule has 0 fully saturated rings. The molecule has 0 amide bonds. The second-order valence-corrected chi connectivity index (χ2v) is 0. The fourth-order valence-corrected chi connectivity index (χ4v) is 0. The molecule has 0 atom stereocenters. The molecule has 4 heavy (non-hydrogen) atoms. The van der Waals surface area contributed by atoms with Gasteiger partial charge in [-0.25, -0.2) is 0 Å². The van der Waals surface area contributed by atoms with E-state index in [-0.39, 0.29) is 79.5 Å². The first kappa shape index (κ1) is 33.3. The predicted octanol–water partition coefficient (Wildman–Crippen LogP) is -6.59. The summed E-state index contributed by atoms with van der Waals surface area (Å²) < 4.78 is 0. The van der Waals surface area contributed by atoms with Crippen LogP contribution in [0.1, 0.15) is 1.43 Å². The maximum atomic E-state index is 0. The summed E-state index contributed by atoms with van der Waals surface area (Å²) in [5, 5.41) is 0. The van der Waals surface area contributed by atoms with Crippen molar-refractivity contribution >= 4 is 13.5 Å². The molecule has 18 valence electrons. The molecule has 0 aromatic heterocycles. The average molecular weight is 99.1 g/mol. The van der Waals surface area contributed by atoms with E-state index in [0.29, 0.717) is 0 Å². The van der Waals surface area contributed by atoms with Crippen LogP contribution in [-0.4, -0.2) is 5.48 Å². The van der Waals surface area contributed by atoms with Gasteiger partial charge < -0.3 is 6.90 Å². The van der Waals surface area contributed by atoms with Gasteiger partial charge in [-0.1, -0.05) is 0 Å². The van der Waals surface area contributed by atoms with Gasteiger partial charge in [-0.05, 0) is 0 Å². The van der Waals surface area contributed by atoms with E-state index in [4.69, 9.17) is 0 Å². The van der Waals surface area contributed by atoms with Gasteiger partial charge in [-0.3, -0.25) is 0 Å². The van der Waals surface area contributed by atoms with Crippen molar-refractivity contribution in [2.75, 3.05) is 0 Å². The van der Waals surface area contributed by atoms with E-state index in [2.05, 4.69) is 0 Å². The van der Waals surface area contributed by atoms with Gasteiger partial charge in [0.15, 0.2) is 0 Å². The number of hydrogen-bond donors (Lipinski definition) is 0. The summed E-state index contributed by atoms with van der Waals surface area (Å²) in [5.74, 6) is 0. The molecule has 4 heteroatoms. The predicted molar refractivity (Wildman–Crippen MR) is 15.1 cm³/mol. The minimum Gasteiger partial charge on any atom is -1.00 e. The van der Waals surface area contributed by atoms with Crippen molar-refractivity contribution in [3.8, 4) is 0 Å². The van der Waals surface area contributed by atoms with Crippen LogP contribution >= 0.6 is 13.5 Å². The van der Waals surface area contributed by atoms with Crippen LogP contribution in [0.4, 0.5) is 0 Å². The maximum Gasteiger partial charge on any atom is 1.00 e. The smallest absolute Gasteiger partial charge is 1.00 e. The third-order valence-corrected chi connectivity index (χ3v) is 0. The Bertz CT molecular complexity index is 9.61. The Morgan fingerprint density at radius 1 is 1.00 bits per heavy atom. The normalized spacial score (nSPS) is 0. The Kier molecular flexibility index (Phi) is 154. The van der Waals surface area contributed by atoms with Crippen LogP contribution in [0.5, 0.6) is 0 Å². The zero-order chi connectivity index (χ0) is 0. The van der Waals surface area contributed by atoms with Gasteiger partial charge in [0.05, 0.1) is 0 Å². The van der Waals surface area contributed by atoms with Gasteiger partial charge in [0, 0.05) is 0 Å². The standard InChI is InChI=1S/2Na.H2O.H2S.H/h;;2*1H2;/q2*+1;;;-1. The summed E-state index contributed by atoms with van der Waals surface area (Å²) in [6, 6.07) is 0. The minimum absolute atomic E-state index is 0. The van der Waals surface area contributed by atoms with Crippen molar-refractivity contribution in [3.63, 3.8) is 0 Å². The van der Waals surface area contributed by atoms with Gasteiger partial charge in [0.1, 0.15) is 0 Å².